The minimum atomic E-state index is -1.38. The molecule has 1 aliphatic heterocycles. The maximum Gasteiger partial charge on any atom is 0.186 e. The molecule has 1 saturated heterocycles. The van der Waals surface area contributed by atoms with Crippen LogP contribution in [0.25, 0.3) is 0 Å². The molecule has 0 bridgehead atoms. The minimum absolute atomic E-state index is 0.0474. The summed E-state index contributed by atoms with van der Waals surface area (Å²) in [7, 11) is 0. The van der Waals surface area contributed by atoms with E-state index in [2.05, 4.69) is 13.8 Å². The van der Waals surface area contributed by atoms with Crippen LogP contribution in [0.15, 0.2) is 0 Å². The van der Waals surface area contributed by atoms with Crippen LogP contribution in [0.1, 0.15) is 104 Å². The second kappa shape index (κ2) is 16.5. The molecular formula is C23H46O6. The van der Waals surface area contributed by atoms with Gasteiger partial charge in [-0.2, -0.15) is 0 Å². The molecule has 6 heteroatoms. The Balaban J connectivity index is 2.49. The van der Waals surface area contributed by atoms with Crippen LogP contribution in [0.5, 0.6) is 0 Å². The maximum absolute atomic E-state index is 10.3. The van der Waals surface area contributed by atoms with E-state index < -0.39 is 37.3 Å². The molecule has 0 spiro atoms. The summed E-state index contributed by atoms with van der Waals surface area (Å²) in [5.41, 5.74) is 0. The zero-order valence-electron chi connectivity index (χ0n) is 18.7. The van der Waals surface area contributed by atoms with Crippen molar-refractivity contribution in [2.75, 3.05) is 6.61 Å². The molecule has 174 valence electrons. The van der Waals surface area contributed by atoms with E-state index in [0.717, 1.165) is 25.7 Å². The second-order valence-corrected chi connectivity index (χ2v) is 8.57. The highest BCUT2D eigenvalue weighted by atomic mass is 16.7. The van der Waals surface area contributed by atoms with Gasteiger partial charge < -0.3 is 29.9 Å². The fourth-order valence-electron chi connectivity index (χ4n) is 3.95. The molecule has 1 unspecified atom stereocenters. The Kier molecular flexibility index (Phi) is 15.2. The molecule has 1 rings (SSSR count). The molecule has 0 aromatic rings. The van der Waals surface area contributed by atoms with E-state index in [1.54, 1.807) is 0 Å². The summed E-state index contributed by atoms with van der Waals surface area (Å²) in [4.78, 5) is 0. The summed E-state index contributed by atoms with van der Waals surface area (Å²) in [6.45, 7) is 4.00. The van der Waals surface area contributed by atoms with Crippen molar-refractivity contribution in [3.8, 4) is 0 Å². The van der Waals surface area contributed by atoms with E-state index in [-0.39, 0.29) is 6.10 Å². The second-order valence-electron chi connectivity index (χ2n) is 8.57. The Bertz CT molecular complexity index is 362. The zero-order chi connectivity index (χ0) is 21.5. The van der Waals surface area contributed by atoms with E-state index >= 15 is 0 Å². The predicted molar refractivity (Wildman–Crippen MR) is 115 cm³/mol. The van der Waals surface area contributed by atoms with Gasteiger partial charge in [0, 0.05) is 0 Å². The number of rotatable bonds is 17. The smallest absolute Gasteiger partial charge is 0.186 e. The fourth-order valence-corrected chi connectivity index (χ4v) is 3.95. The largest absolute Gasteiger partial charge is 0.394 e. The Hall–Kier alpha value is -0.240. The summed E-state index contributed by atoms with van der Waals surface area (Å²) in [5.74, 6) is 0. The van der Waals surface area contributed by atoms with Crippen molar-refractivity contribution in [1.82, 2.24) is 0 Å². The summed E-state index contributed by atoms with van der Waals surface area (Å²) < 4.78 is 11.6. The maximum atomic E-state index is 10.3. The lowest BCUT2D eigenvalue weighted by Crippen LogP contribution is -2.59. The van der Waals surface area contributed by atoms with E-state index in [1.807, 2.05) is 0 Å². The lowest BCUT2D eigenvalue weighted by atomic mass is 9.98. The van der Waals surface area contributed by atoms with Gasteiger partial charge in [0.2, 0.25) is 0 Å². The van der Waals surface area contributed by atoms with Gasteiger partial charge in [0.15, 0.2) is 6.29 Å². The molecule has 0 aliphatic carbocycles. The van der Waals surface area contributed by atoms with Crippen LogP contribution in [0.3, 0.4) is 0 Å². The number of ether oxygens (including phenoxy) is 2. The first-order valence-corrected chi connectivity index (χ1v) is 12.0. The lowest BCUT2D eigenvalue weighted by Gasteiger charge is -2.41. The SMILES string of the molecule is CCCCCCCCC(CCCCCCCC)OC1O[C@H](CO)[C@@H](O)[C@H](O)[C@H]1O. The number of hydrogen-bond donors (Lipinski definition) is 4. The van der Waals surface area contributed by atoms with E-state index in [0.29, 0.717) is 0 Å². The summed E-state index contributed by atoms with van der Waals surface area (Å²) >= 11 is 0. The van der Waals surface area contributed by atoms with Crippen LogP contribution in [-0.4, -0.2) is 63.8 Å². The molecule has 0 radical (unpaired) electrons. The Morgan fingerprint density at radius 1 is 0.690 bits per heavy atom. The molecule has 0 saturated carbocycles. The quantitative estimate of drug-likeness (QED) is 0.269. The summed E-state index contributed by atoms with van der Waals surface area (Å²) in [6, 6.07) is 0. The first kappa shape index (κ1) is 26.8. The van der Waals surface area contributed by atoms with Gasteiger partial charge in [-0.1, -0.05) is 90.9 Å². The van der Waals surface area contributed by atoms with Gasteiger partial charge in [-0.3, -0.25) is 0 Å². The van der Waals surface area contributed by atoms with E-state index in [1.165, 1.54) is 64.2 Å². The molecule has 4 N–H and O–H groups in total. The third kappa shape index (κ3) is 10.6. The van der Waals surface area contributed by atoms with Crippen LogP contribution >= 0.6 is 0 Å². The molecule has 1 heterocycles. The van der Waals surface area contributed by atoms with E-state index in [4.69, 9.17) is 9.47 Å². The topological polar surface area (TPSA) is 99.4 Å². The molecule has 5 atom stereocenters. The average molecular weight is 419 g/mol. The van der Waals surface area contributed by atoms with Gasteiger partial charge in [0.25, 0.3) is 0 Å². The highest BCUT2D eigenvalue weighted by molar-refractivity contribution is 4.89. The van der Waals surface area contributed by atoms with Crippen molar-refractivity contribution < 1.29 is 29.9 Å². The molecule has 1 aliphatic rings. The first-order valence-electron chi connectivity index (χ1n) is 12.0. The van der Waals surface area contributed by atoms with Crippen molar-refractivity contribution in [3.63, 3.8) is 0 Å². The molecule has 1 fully saturated rings. The molecule has 0 aromatic carbocycles. The van der Waals surface area contributed by atoms with Crippen LogP contribution in [0.4, 0.5) is 0 Å². The van der Waals surface area contributed by atoms with Crippen LogP contribution in [0.2, 0.25) is 0 Å². The molecule has 0 amide bonds. The number of aliphatic hydroxyl groups excluding tert-OH is 4. The fraction of sp³-hybridized carbons (Fsp3) is 1.00. The number of aliphatic hydroxyl groups is 4. The Morgan fingerprint density at radius 2 is 1.17 bits per heavy atom. The number of hydrogen-bond acceptors (Lipinski definition) is 6. The summed E-state index contributed by atoms with van der Waals surface area (Å²) in [5, 5.41) is 39.6. The highest BCUT2D eigenvalue weighted by Crippen LogP contribution is 2.26. The van der Waals surface area contributed by atoms with Crippen molar-refractivity contribution in [2.24, 2.45) is 0 Å². The van der Waals surface area contributed by atoms with Crippen molar-refractivity contribution in [1.29, 1.82) is 0 Å². The van der Waals surface area contributed by atoms with Gasteiger partial charge in [-0.25, -0.2) is 0 Å². The lowest BCUT2D eigenvalue weighted by molar-refractivity contribution is -0.312. The zero-order valence-corrected chi connectivity index (χ0v) is 18.7. The van der Waals surface area contributed by atoms with Gasteiger partial charge in [0.05, 0.1) is 12.7 Å². The van der Waals surface area contributed by atoms with Gasteiger partial charge >= 0.3 is 0 Å². The van der Waals surface area contributed by atoms with Crippen LogP contribution < -0.4 is 0 Å². The Labute approximate surface area is 177 Å². The van der Waals surface area contributed by atoms with Gasteiger partial charge in [-0.15, -0.1) is 0 Å². The highest BCUT2D eigenvalue weighted by Gasteiger charge is 2.44. The predicted octanol–water partition coefficient (Wildman–Crippen LogP) is 3.67. The van der Waals surface area contributed by atoms with Crippen molar-refractivity contribution in [3.05, 3.63) is 0 Å². The minimum Gasteiger partial charge on any atom is -0.394 e. The molecular weight excluding hydrogens is 372 g/mol. The first-order chi connectivity index (χ1) is 14.0. The third-order valence-corrected chi connectivity index (χ3v) is 5.93. The summed E-state index contributed by atoms with van der Waals surface area (Å²) in [6.07, 6.45) is 10.3. The van der Waals surface area contributed by atoms with Crippen LogP contribution in [-0.2, 0) is 9.47 Å². The molecule has 6 nitrogen and oxygen atoms in total. The van der Waals surface area contributed by atoms with Crippen LogP contribution in [0, 0.1) is 0 Å². The normalized spacial score (nSPS) is 27.6. The molecule has 29 heavy (non-hydrogen) atoms. The van der Waals surface area contributed by atoms with Gasteiger partial charge in [0.1, 0.15) is 24.4 Å². The Morgan fingerprint density at radius 3 is 1.66 bits per heavy atom. The molecule has 0 aromatic heterocycles. The van der Waals surface area contributed by atoms with Crippen molar-refractivity contribution in [2.45, 2.75) is 141 Å². The average Bonchev–Trinajstić information content (AvgIpc) is 2.72. The van der Waals surface area contributed by atoms with Gasteiger partial charge in [-0.05, 0) is 12.8 Å². The monoisotopic (exact) mass is 418 g/mol. The van der Waals surface area contributed by atoms with E-state index in [9.17, 15) is 20.4 Å². The van der Waals surface area contributed by atoms with Crippen molar-refractivity contribution >= 4 is 0 Å². The standard InChI is InChI=1S/C23H46O6/c1-3-5-7-9-11-13-15-18(16-14-12-10-8-6-4-2)28-23-22(27)21(26)20(25)19(17-24)29-23/h18-27H,3-17H2,1-2H3/t19-,20-,21+,22-,23?/m1/s1. The third-order valence-electron chi connectivity index (χ3n) is 5.93. The number of unbranched alkanes of at least 4 members (excludes halogenated alkanes) is 10.